The number of rotatable bonds is 15. The minimum absolute atomic E-state index is 0.00407. The number of anilines is 1. The quantitative estimate of drug-likeness (QED) is 0.165. The maximum absolute atomic E-state index is 14.6. The molecule has 1 atom stereocenters. The Labute approximate surface area is 282 Å². The van der Waals surface area contributed by atoms with Crippen LogP contribution in [0.5, 0.6) is 11.5 Å². The van der Waals surface area contributed by atoms with Crippen molar-refractivity contribution in [3.8, 4) is 11.5 Å². The van der Waals surface area contributed by atoms with Gasteiger partial charge in [-0.1, -0.05) is 78.7 Å². The fourth-order valence-corrected chi connectivity index (χ4v) is 6.72. The number of sulfonamides is 1. The Bertz CT molecular complexity index is 1770. The number of methoxy groups -OCH3 is 2. The second kappa shape index (κ2) is 16.3. The number of carbonyl (C=O) groups excluding carboxylic acids is 2. The van der Waals surface area contributed by atoms with E-state index in [1.807, 2.05) is 50.2 Å². The summed E-state index contributed by atoms with van der Waals surface area (Å²) in [5.41, 5.74) is 2.50. The summed E-state index contributed by atoms with van der Waals surface area (Å²) in [6, 6.07) is 26.5. The summed E-state index contributed by atoms with van der Waals surface area (Å²) in [4.78, 5) is 29.9. The van der Waals surface area contributed by atoms with E-state index in [0.717, 1.165) is 15.4 Å². The molecule has 248 valence electrons. The smallest absolute Gasteiger partial charge is 0.264 e. The van der Waals surface area contributed by atoms with Crippen LogP contribution in [0.1, 0.15) is 30.0 Å². The highest BCUT2D eigenvalue weighted by molar-refractivity contribution is 7.92. The van der Waals surface area contributed by atoms with Gasteiger partial charge in [0.15, 0.2) is 0 Å². The van der Waals surface area contributed by atoms with Crippen LogP contribution in [0.2, 0.25) is 5.02 Å². The molecule has 0 saturated carbocycles. The van der Waals surface area contributed by atoms with E-state index in [2.05, 4.69) is 5.32 Å². The average molecular weight is 678 g/mol. The van der Waals surface area contributed by atoms with E-state index in [-0.39, 0.29) is 35.2 Å². The van der Waals surface area contributed by atoms with Crippen LogP contribution in [-0.4, -0.2) is 58.5 Å². The molecular formula is C36H40ClN3O6S. The topological polar surface area (TPSA) is 105 Å². The molecule has 4 aromatic carbocycles. The van der Waals surface area contributed by atoms with E-state index in [1.165, 1.54) is 37.3 Å². The number of ether oxygens (including phenoxy) is 2. The first-order valence-electron chi connectivity index (χ1n) is 15.2. The predicted molar refractivity (Wildman–Crippen MR) is 184 cm³/mol. The number of nitrogens with zero attached hydrogens (tertiary/aromatic N) is 2. The molecule has 0 aliphatic rings. The maximum atomic E-state index is 14.6. The van der Waals surface area contributed by atoms with Crippen molar-refractivity contribution in [1.82, 2.24) is 10.2 Å². The highest BCUT2D eigenvalue weighted by Crippen LogP contribution is 2.36. The first-order chi connectivity index (χ1) is 22.6. The molecule has 0 aliphatic heterocycles. The van der Waals surface area contributed by atoms with Crippen LogP contribution in [0.3, 0.4) is 0 Å². The molecule has 0 spiro atoms. The lowest BCUT2D eigenvalue weighted by Crippen LogP contribution is -2.53. The van der Waals surface area contributed by atoms with E-state index < -0.39 is 28.5 Å². The highest BCUT2D eigenvalue weighted by Gasteiger charge is 2.35. The van der Waals surface area contributed by atoms with Gasteiger partial charge >= 0.3 is 0 Å². The summed E-state index contributed by atoms with van der Waals surface area (Å²) in [6.45, 7) is 3.58. The molecule has 47 heavy (non-hydrogen) atoms. The minimum atomic E-state index is -4.33. The Kier molecular flexibility index (Phi) is 12.3. The van der Waals surface area contributed by atoms with Crippen molar-refractivity contribution in [3.05, 3.63) is 119 Å². The predicted octanol–water partition coefficient (Wildman–Crippen LogP) is 6.03. The van der Waals surface area contributed by atoms with Crippen LogP contribution < -0.4 is 19.1 Å². The second-order valence-corrected chi connectivity index (χ2v) is 13.3. The highest BCUT2D eigenvalue weighted by atomic mass is 35.5. The summed E-state index contributed by atoms with van der Waals surface area (Å²) >= 11 is 6.32. The van der Waals surface area contributed by atoms with Crippen LogP contribution in [0.25, 0.3) is 0 Å². The van der Waals surface area contributed by atoms with Crippen LogP contribution in [-0.2, 0) is 32.6 Å². The van der Waals surface area contributed by atoms with Gasteiger partial charge in [-0.25, -0.2) is 8.42 Å². The van der Waals surface area contributed by atoms with Gasteiger partial charge in [0, 0.05) is 30.6 Å². The van der Waals surface area contributed by atoms with E-state index in [0.29, 0.717) is 29.3 Å². The molecule has 1 unspecified atom stereocenters. The fourth-order valence-electron chi connectivity index (χ4n) is 5.09. The number of benzene rings is 4. The van der Waals surface area contributed by atoms with Gasteiger partial charge in [-0.05, 0) is 60.9 Å². The van der Waals surface area contributed by atoms with Crippen LogP contribution in [0.15, 0.2) is 102 Å². The molecule has 11 heteroatoms. The number of halogens is 1. The Hall–Kier alpha value is -4.54. The first-order valence-corrected chi connectivity index (χ1v) is 17.1. The third-order valence-corrected chi connectivity index (χ3v) is 9.61. The van der Waals surface area contributed by atoms with Crippen molar-refractivity contribution < 1.29 is 27.5 Å². The van der Waals surface area contributed by atoms with Gasteiger partial charge in [-0.3, -0.25) is 13.9 Å². The Morgan fingerprint density at radius 1 is 0.872 bits per heavy atom. The Morgan fingerprint density at radius 2 is 1.57 bits per heavy atom. The zero-order chi connectivity index (χ0) is 34.0. The van der Waals surface area contributed by atoms with Gasteiger partial charge in [0.1, 0.15) is 24.1 Å². The van der Waals surface area contributed by atoms with Crippen LogP contribution >= 0.6 is 11.6 Å². The van der Waals surface area contributed by atoms with Crippen molar-refractivity contribution >= 4 is 39.1 Å². The molecule has 0 heterocycles. The third kappa shape index (κ3) is 9.05. The second-order valence-electron chi connectivity index (χ2n) is 11.0. The summed E-state index contributed by atoms with van der Waals surface area (Å²) < 4.78 is 40.7. The Morgan fingerprint density at radius 3 is 2.21 bits per heavy atom. The van der Waals surface area contributed by atoms with Crippen molar-refractivity contribution in [3.63, 3.8) is 0 Å². The van der Waals surface area contributed by atoms with Gasteiger partial charge in [0.2, 0.25) is 11.8 Å². The minimum Gasteiger partial charge on any atom is -0.497 e. The van der Waals surface area contributed by atoms with E-state index in [1.54, 1.807) is 42.5 Å². The van der Waals surface area contributed by atoms with E-state index in [4.69, 9.17) is 21.1 Å². The number of amides is 2. The van der Waals surface area contributed by atoms with Crippen molar-refractivity contribution in [2.45, 2.75) is 44.2 Å². The van der Waals surface area contributed by atoms with Gasteiger partial charge in [0.25, 0.3) is 10.0 Å². The standard InChI is InChI=1S/C36H40ClN3O6S/c1-5-20-38-36(42)33(22-27-10-7-6-8-11-27)39(24-28-12-9-13-29(37)21-28)35(41)25-40(32-23-30(45-3)16-19-34(32)46-4)47(43,44)31-17-14-26(2)15-18-31/h6-19,21,23,33H,5,20,22,24-25H2,1-4H3,(H,38,42). The zero-order valence-corrected chi connectivity index (χ0v) is 28.6. The van der Waals surface area contributed by atoms with E-state index >= 15 is 0 Å². The zero-order valence-electron chi connectivity index (χ0n) is 27.0. The molecule has 9 nitrogen and oxygen atoms in total. The summed E-state index contributed by atoms with van der Waals surface area (Å²) in [6.07, 6.45) is 0.903. The summed E-state index contributed by atoms with van der Waals surface area (Å²) in [5, 5.41) is 3.40. The van der Waals surface area contributed by atoms with Gasteiger partial charge in [-0.2, -0.15) is 0 Å². The molecule has 4 rings (SSSR count). The average Bonchev–Trinajstić information content (AvgIpc) is 3.07. The van der Waals surface area contributed by atoms with Crippen molar-refractivity contribution in [2.75, 3.05) is 31.6 Å². The lowest BCUT2D eigenvalue weighted by Gasteiger charge is -2.34. The fraction of sp³-hybridized carbons (Fsp3) is 0.278. The number of carbonyl (C=O) groups is 2. The lowest BCUT2D eigenvalue weighted by molar-refractivity contribution is -0.140. The normalized spacial score (nSPS) is 11.8. The van der Waals surface area contributed by atoms with E-state index in [9.17, 15) is 18.0 Å². The van der Waals surface area contributed by atoms with Crippen molar-refractivity contribution in [1.29, 1.82) is 0 Å². The lowest BCUT2D eigenvalue weighted by atomic mass is 10.0. The van der Waals surface area contributed by atoms with Gasteiger partial charge in [0.05, 0.1) is 24.8 Å². The van der Waals surface area contributed by atoms with Crippen LogP contribution in [0, 0.1) is 6.92 Å². The molecule has 4 aromatic rings. The Balaban J connectivity index is 1.86. The summed E-state index contributed by atoms with van der Waals surface area (Å²) in [5.74, 6) is -0.359. The molecule has 0 bridgehead atoms. The molecule has 0 saturated heterocycles. The molecule has 1 N–H and O–H groups in total. The first kappa shape index (κ1) is 35.3. The van der Waals surface area contributed by atoms with Gasteiger partial charge in [-0.15, -0.1) is 0 Å². The number of nitrogens with one attached hydrogen (secondary N) is 1. The molecule has 0 fully saturated rings. The molecule has 0 radical (unpaired) electrons. The van der Waals surface area contributed by atoms with Crippen molar-refractivity contribution in [2.24, 2.45) is 0 Å². The number of hydrogen-bond acceptors (Lipinski definition) is 6. The SMILES string of the molecule is CCCNC(=O)C(Cc1ccccc1)N(Cc1cccc(Cl)c1)C(=O)CN(c1cc(OC)ccc1OC)S(=O)(=O)c1ccc(C)cc1. The monoisotopic (exact) mass is 677 g/mol. The third-order valence-electron chi connectivity index (χ3n) is 7.60. The summed E-state index contributed by atoms with van der Waals surface area (Å²) in [7, 11) is -1.44. The molecule has 2 amide bonds. The van der Waals surface area contributed by atoms with Crippen LogP contribution in [0.4, 0.5) is 5.69 Å². The maximum Gasteiger partial charge on any atom is 0.264 e. The number of aryl methyl sites for hydroxylation is 1. The molecular weight excluding hydrogens is 638 g/mol. The molecule has 0 aromatic heterocycles. The largest absolute Gasteiger partial charge is 0.497 e. The van der Waals surface area contributed by atoms with Gasteiger partial charge < -0.3 is 19.7 Å². The number of hydrogen-bond donors (Lipinski definition) is 1. The molecule has 0 aliphatic carbocycles.